The van der Waals surface area contributed by atoms with E-state index in [2.05, 4.69) is 15.6 Å². The van der Waals surface area contributed by atoms with Crippen LogP contribution in [-0.2, 0) is 0 Å². The Morgan fingerprint density at radius 1 is 0.800 bits per heavy atom. The molecular formula is C16H35N7O2. The van der Waals surface area contributed by atoms with Crippen molar-refractivity contribution >= 4 is 12.1 Å². The van der Waals surface area contributed by atoms with Crippen molar-refractivity contribution in [2.45, 2.75) is 52.6 Å². The number of hydrogen-bond acceptors (Lipinski definition) is 4. The molecule has 146 valence electrons. The Balaban J connectivity index is 0. The number of nitrogens with one attached hydrogen (secondary N) is 3. The topological polar surface area (TPSA) is 133 Å². The van der Waals surface area contributed by atoms with E-state index in [1.54, 1.807) is 0 Å². The first-order chi connectivity index (χ1) is 11.2. The van der Waals surface area contributed by atoms with Crippen molar-refractivity contribution in [1.29, 1.82) is 0 Å². The van der Waals surface area contributed by atoms with Gasteiger partial charge >= 0.3 is 12.1 Å². The quantitative estimate of drug-likeness (QED) is 0.274. The molecular weight excluding hydrogens is 322 g/mol. The molecule has 1 heterocycles. The number of nitrogens with two attached hydrogens (primary N) is 2. The molecule has 1 rings (SSSR count). The van der Waals surface area contributed by atoms with E-state index >= 15 is 0 Å². The highest BCUT2D eigenvalue weighted by Crippen LogP contribution is 1.98. The predicted octanol–water partition coefficient (Wildman–Crippen LogP) is 1.61. The first kappa shape index (κ1) is 25.0. The van der Waals surface area contributed by atoms with Gasteiger partial charge in [-0.1, -0.05) is 0 Å². The molecule has 0 radical (unpaired) electrons. The third-order valence-corrected chi connectivity index (χ3v) is 2.10. The summed E-state index contributed by atoms with van der Waals surface area (Å²) >= 11 is 0. The largest absolute Gasteiger partial charge is 0.368 e. The number of carbonyl (C=O) groups excluding carboxylic acids is 2. The summed E-state index contributed by atoms with van der Waals surface area (Å²) < 4.78 is 0. The van der Waals surface area contributed by atoms with E-state index in [4.69, 9.17) is 11.7 Å². The van der Waals surface area contributed by atoms with Gasteiger partial charge in [-0.2, -0.15) is 0 Å². The van der Waals surface area contributed by atoms with Crippen molar-refractivity contribution < 1.29 is 9.59 Å². The van der Waals surface area contributed by atoms with Gasteiger partial charge < -0.3 is 15.6 Å². The highest BCUT2D eigenvalue weighted by atomic mass is 16.2. The Kier molecular flexibility index (Phi) is 11.3. The molecule has 9 nitrogen and oxygen atoms in total. The number of carbonyl (C=O) groups is 2. The Hall–Kier alpha value is -2.26. The Labute approximate surface area is 151 Å². The van der Waals surface area contributed by atoms with Crippen molar-refractivity contribution in [2.24, 2.45) is 11.7 Å². The second kappa shape index (κ2) is 11.3. The monoisotopic (exact) mass is 357 g/mol. The summed E-state index contributed by atoms with van der Waals surface area (Å²) in [6.07, 6.45) is 3.75. The van der Waals surface area contributed by atoms with Crippen molar-refractivity contribution in [3.8, 4) is 0 Å². The minimum atomic E-state index is -0.271. The molecule has 0 bridgehead atoms. The number of nitrogens with zero attached hydrogens (tertiary/aromatic N) is 2. The summed E-state index contributed by atoms with van der Waals surface area (Å²) in [5.74, 6) is 10.3. The maximum atomic E-state index is 10.8. The molecule has 0 atom stereocenters. The fourth-order valence-electron chi connectivity index (χ4n) is 1.10. The number of hydrogen-bond donors (Lipinski definition) is 5. The van der Waals surface area contributed by atoms with Crippen LogP contribution in [0.5, 0.6) is 0 Å². The molecule has 0 aromatic carbocycles. The summed E-state index contributed by atoms with van der Waals surface area (Å²) in [5.41, 5.74) is -0.435. The lowest BCUT2D eigenvalue weighted by atomic mass is 10.1. The molecule has 0 spiro atoms. The molecule has 0 fully saturated rings. The normalized spacial score (nSPS) is 10.3. The molecule has 0 unspecified atom stereocenters. The standard InChI is InChI=1S/2C6H15N3O.C4H5N/c2*1-6(2,3)8-5(10)9(4)7;1-2-4-5-3-1/h2*7H2,1-4H3,(H,8,10);1-5H. The van der Waals surface area contributed by atoms with Crippen LogP contribution in [-0.4, -0.2) is 52.2 Å². The molecule has 0 aliphatic carbocycles. The maximum Gasteiger partial charge on any atom is 0.331 e. The summed E-state index contributed by atoms with van der Waals surface area (Å²) in [5, 5.41) is 7.40. The number of urea groups is 2. The molecule has 7 N–H and O–H groups in total. The summed E-state index contributed by atoms with van der Waals surface area (Å²) in [4.78, 5) is 24.6. The number of rotatable bonds is 0. The van der Waals surface area contributed by atoms with Gasteiger partial charge in [0.05, 0.1) is 0 Å². The smallest absolute Gasteiger partial charge is 0.331 e. The van der Waals surface area contributed by atoms with Crippen LogP contribution in [0.2, 0.25) is 0 Å². The zero-order valence-corrected chi connectivity index (χ0v) is 16.7. The molecule has 0 saturated carbocycles. The lowest BCUT2D eigenvalue weighted by molar-refractivity contribution is 0.199. The van der Waals surface area contributed by atoms with Crippen LogP contribution < -0.4 is 22.3 Å². The highest BCUT2D eigenvalue weighted by Gasteiger charge is 2.15. The predicted molar refractivity (Wildman–Crippen MR) is 101 cm³/mol. The Morgan fingerprint density at radius 3 is 1.16 bits per heavy atom. The van der Waals surface area contributed by atoms with Gasteiger partial charge in [0, 0.05) is 37.6 Å². The minimum absolute atomic E-state index is 0.218. The van der Waals surface area contributed by atoms with E-state index in [9.17, 15) is 9.59 Å². The van der Waals surface area contributed by atoms with Crippen molar-refractivity contribution in [2.75, 3.05) is 14.1 Å². The summed E-state index contributed by atoms with van der Waals surface area (Å²) in [6.45, 7) is 11.4. The number of H-pyrrole nitrogens is 1. The SMILES string of the molecule is CN(N)C(=O)NC(C)(C)C.CN(N)C(=O)NC(C)(C)C.c1cc[nH]c1. The first-order valence-electron chi connectivity index (χ1n) is 7.84. The lowest BCUT2D eigenvalue weighted by Gasteiger charge is -2.22. The van der Waals surface area contributed by atoms with Crippen LogP contribution in [0.4, 0.5) is 9.59 Å². The zero-order valence-electron chi connectivity index (χ0n) is 16.7. The Bertz CT molecular complexity index is 422. The fourth-order valence-corrected chi connectivity index (χ4v) is 1.10. The molecule has 9 heteroatoms. The van der Waals surface area contributed by atoms with Gasteiger partial charge in [-0.3, -0.25) is 10.0 Å². The average molecular weight is 358 g/mol. The minimum Gasteiger partial charge on any atom is -0.368 e. The van der Waals surface area contributed by atoms with Crippen LogP contribution in [0.25, 0.3) is 0 Å². The molecule has 1 aromatic rings. The second-order valence-corrected chi connectivity index (χ2v) is 7.47. The Morgan fingerprint density at radius 2 is 1.08 bits per heavy atom. The molecule has 25 heavy (non-hydrogen) atoms. The van der Waals surface area contributed by atoms with Crippen LogP contribution in [0.1, 0.15) is 41.5 Å². The van der Waals surface area contributed by atoms with Gasteiger partial charge in [-0.15, -0.1) is 0 Å². The molecule has 1 aromatic heterocycles. The molecule has 0 saturated heterocycles. The number of aromatic nitrogens is 1. The third kappa shape index (κ3) is 19.7. The van der Waals surface area contributed by atoms with E-state index < -0.39 is 0 Å². The second-order valence-electron chi connectivity index (χ2n) is 7.47. The van der Waals surface area contributed by atoms with Crippen molar-refractivity contribution in [1.82, 2.24) is 25.6 Å². The fraction of sp³-hybridized carbons (Fsp3) is 0.625. The van der Waals surface area contributed by atoms with Gasteiger partial charge in [0.15, 0.2) is 0 Å². The number of hydrazine groups is 2. The van der Waals surface area contributed by atoms with Crippen LogP contribution in [0, 0.1) is 0 Å². The summed E-state index contributed by atoms with van der Waals surface area (Å²) in [6, 6.07) is 3.35. The average Bonchev–Trinajstić information content (AvgIpc) is 2.94. The van der Waals surface area contributed by atoms with E-state index in [1.165, 1.54) is 14.1 Å². The highest BCUT2D eigenvalue weighted by molar-refractivity contribution is 5.74. The van der Waals surface area contributed by atoms with Crippen molar-refractivity contribution in [3.63, 3.8) is 0 Å². The zero-order chi connectivity index (χ0) is 20.3. The lowest BCUT2D eigenvalue weighted by Crippen LogP contribution is -2.49. The van der Waals surface area contributed by atoms with Crippen LogP contribution in [0.3, 0.4) is 0 Å². The van der Waals surface area contributed by atoms with Crippen molar-refractivity contribution in [3.05, 3.63) is 24.5 Å². The van der Waals surface area contributed by atoms with Gasteiger partial charge in [0.2, 0.25) is 0 Å². The third-order valence-electron chi connectivity index (χ3n) is 2.10. The van der Waals surface area contributed by atoms with Crippen LogP contribution in [0.15, 0.2) is 24.5 Å². The number of amides is 4. The van der Waals surface area contributed by atoms with Crippen LogP contribution >= 0.6 is 0 Å². The summed E-state index contributed by atoms with van der Waals surface area (Å²) in [7, 11) is 3.00. The first-order valence-corrected chi connectivity index (χ1v) is 7.84. The molecule has 0 aliphatic rings. The van der Waals surface area contributed by atoms with Gasteiger partial charge in [0.1, 0.15) is 0 Å². The molecule has 0 aliphatic heterocycles. The van der Waals surface area contributed by atoms with Gasteiger partial charge in [-0.25, -0.2) is 21.3 Å². The van der Waals surface area contributed by atoms with E-state index in [0.717, 1.165) is 10.0 Å². The van der Waals surface area contributed by atoms with Gasteiger partial charge in [0.25, 0.3) is 0 Å². The molecule has 4 amide bonds. The van der Waals surface area contributed by atoms with Gasteiger partial charge in [-0.05, 0) is 53.7 Å². The maximum absolute atomic E-state index is 10.8. The van der Waals surface area contributed by atoms with E-state index in [-0.39, 0.29) is 23.1 Å². The number of aromatic amines is 1. The van der Waals surface area contributed by atoms with E-state index in [0.29, 0.717) is 0 Å². The van der Waals surface area contributed by atoms with E-state index in [1.807, 2.05) is 66.1 Å².